The van der Waals surface area contributed by atoms with E-state index in [2.05, 4.69) is 4.65 Å². The largest absolute Gasteiger partial charge is 0.707 e. The summed E-state index contributed by atoms with van der Waals surface area (Å²) in [6.07, 6.45) is -5.90. The van der Waals surface area contributed by atoms with Crippen molar-refractivity contribution in [1.29, 1.82) is 0 Å². The summed E-state index contributed by atoms with van der Waals surface area (Å²) in [4.78, 5) is 0. The van der Waals surface area contributed by atoms with Gasteiger partial charge in [0.05, 0.1) is 0 Å². The topological polar surface area (TPSA) is 49.7 Å². The van der Waals surface area contributed by atoms with Gasteiger partial charge in [-0.05, 0) is 23.3 Å². The van der Waals surface area contributed by atoms with Crippen LogP contribution < -0.4 is 26.5 Å². The van der Waals surface area contributed by atoms with Crippen LogP contribution in [0.1, 0.15) is 0 Å². The van der Waals surface area contributed by atoms with Crippen LogP contribution in [-0.4, -0.2) is 23.5 Å². The second kappa shape index (κ2) is 13.0. The minimum Gasteiger partial charge on any atom is -0.512 e. The van der Waals surface area contributed by atoms with Crippen molar-refractivity contribution in [3.8, 4) is 16.9 Å². The molecule has 0 aliphatic rings. The standard InChI is InChI=1S/C30H10B2F15O3/c33-16-13(17(34)23(40)28(45)22(16)39)32(14-18(35)24(41)29(46)25(42)19(14)36,15-20(37)26(43)30(47)27(44)21(15)38)11-5-1-9(2-6-11)10-3-7-12(8-4-10)50-31(48)49/h1-8,48-49H/q-1. The van der Waals surface area contributed by atoms with E-state index in [9.17, 15) is 39.5 Å². The van der Waals surface area contributed by atoms with Crippen LogP contribution in [0.5, 0.6) is 5.75 Å². The number of hydrogen-bond donors (Lipinski definition) is 2. The van der Waals surface area contributed by atoms with Gasteiger partial charge in [0.25, 0.3) is 0 Å². The second-order valence-corrected chi connectivity index (χ2v) is 10.4. The molecular formula is C30H10B2F15O3-. The molecule has 0 saturated carbocycles. The Kier molecular flexibility index (Phi) is 9.39. The van der Waals surface area contributed by atoms with Gasteiger partial charge in [0.2, 0.25) is 0 Å². The monoisotopic (exact) mass is 725 g/mol. The van der Waals surface area contributed by atoms with Crippen molar-refractivity contribution in [2.75, 3.05) is 0 Å². The summed E-state index contributed by atoms with van der Waals surface area (Å²) in [6, 6.07) is 6.83. The molecular weight excluding hydrogens is 715 g/mol. The van der Waals surface area contributed by atoms with Gasteiger partial charge in [-0.1, -0.05) is 36.4 Å². The first kappa shape index (κ1) is 36.2. The van der Waals surface area contributed by atoms with Crippen LogP contribution in [0.25, 0.3) is 11.1 Å². The summed E-state index contributed by atoms with van der Waals surface area (Å²) in [5, 5.41) is 17.8. The van der Waals surface area contributed by atoms with Crippen LogP contribution in [0.15, 0.2) is 48.5 Å². The first-order chi connectivity index (χ1) is 23.4. The lowest BCUT2D eigenvalue weighted by atomic mass is 9.12. The molecule has 0 atom stereocenters. The lowest BCUT2D eigenvalue weighted by Gasteiger charge is -2.44. The third kappa shape index (κ3) is 5.33. The van der Waals surface area contributed by atoms with Gasteiger partial charge in [0, 0.05) is 0 Å². The van der Waals surface area contributed by atoms with Crippen molar-refractivity contribution < 1.29 is 80.6 Å². The molecule has 2 N–H and O–H groups in total. The highest BCUT2D eigenvalue weighted by Crippen LogP contribution is 2.29. The number of rotatable bonds is 7. The fraction of sp³-hybridized carbons (Fsp3) is 0. The third-order valence-corrected chi connectivity index (χ3v) is 7.87. The molecule has 0 radical (unpaired) electrons. The highest BCUT2D eigenvalue weighted by atomic mass is 19.2. The maximum Gasteiger partial charge on any atom is 0.707 e. The van der Waals surface area contributed by atoms with Gasteiger partial charge in [-0.3, -0.25) is 0 Å². The van der Waals surface area contributed by atoms with Gasteiger partial charge in [-0.2, -0.15) is 5.46 Å². The molecule has 260 valence electrons. The fourth-order valence-electron chi connectivity index (χ4n) is 5.75. The van der Waals surface area contributed by atoms with Crippen molar-refractivity contribution in [2.24, 2.45) is 0 Å². The molecule has 0 aliphatic carbocycles. The molecule has 0 aliphatic heterocycles. The SMILES string of the molecule is OB(O)Oc1ccc(-c2ccc([B-](c3c(F)c(F)c(F)c(F)c3F)(c3c(F)c(F)c(F)c(F)c3F)c3c(F)c(F)c(F)c(F)c3F)cc2)cc1. The predicted molar refractivity (Wildman–Crippen MR) is 146 cm³/mol. The summed E-state index contributed by atoms with van der Waals surface area (Å²) in [5.41, 5.74) is -9.74. The first-order valence-electron chi connectivity index (χ1n) is 13.3. The lowest BCUT2D eigenvalue weighted by Crippen LogP contribution is -2.79. The van der Waals surface area contributed by atoms with E-state index in [1.165, 1.54) is 12.1 Å². The molecule has 0 bridgehead atoms. The van der Waals surface area contributed by atoms with Gasteiger partial charge in [0.1, 0.15) is 46.8 Å². The van der Waals surface area contributed by atoms with Crippen molar-refractivity contribution >= 4 is 35.3 Å². The zero-order valence-electron chi connectivity index (χ0n) is 23.7. The Balaban J connectivity index is 2.05. The van der Waals surface area contributed by atoms with Crippen molar-refractivity contribution in [2.45, 2.75) is 0 Å². The molecule has 50 heavy (non-hydrogen) atoms. The molecule has 20 heteroatoms. The fourth-order valence-corrected chi connectivity index (χ4v) is 5.75. The number of halogens is 15. The van der Waals surface area contributed by atoms with Gasteiger partial charge >= 0.3 is 7.32 Å². The van der Waals surface area contributed by atoms with Gasteiger partial charge in [-0.15, -0.1) is 16.4 Å². The molecule has 0 aromatic heterocycles. The Labute approximate surface area is 268 Å². The van der Waals surface area contributed by atoms with E-state index in [1.54, 1.807) is 0 Å². The van der Waals surface area contributed by atoms with E-state index in [0.29, 0.717) is 12.1 Å². The molecule has 3 nitrogen and oxygen atoms in total. The number of benzene rings is 5. The summed E-state index contributed by atoms with van der Waals surface area (Å²) in [6.45, 7) is 0. The minimum atomic E-state index is -5.90. The highest BCUT2D eigenvalue weighted by Gasteiger charge is 2.49. The average molecular weight is 725 g/mol. The Morgan fingerprint density at radius 3 is 0.860 bits per heavy atom. The van der Waals surface area contributed by atoms with Crippen LogP contribution >= 0.6 is 0 Å². The van der Waals surface area contributed by atoms with Crippen LogP contribution in [-0.2, 0) is 0 Å². The molecule has 0 saturated heterocycles. The molecule has 0 spiro atoms. The van der Waals surface area contributed by atoms with Crippen molar-refractivity contribution in [1.82, 2.24) is 0 Å². The Morgan fingerprint density at radius 2 is 0.600 bits per heavy atom. The van der Waals surface area contributed by atoms with Crippen LogP contribution in [0, 0.1) is 87.3 Å². The highest BCUT2D eigenvalue weighted by molar-refractivity contribution is 7.20. The molecule has 5 rings (SSSR count). The van der Waals surface area contributed by atoms with Crippen LogP contribution in [0.4, 0.5) is 65.9 Å². The number of hydrogen-bond acceptors (Lipinski definition) is 3. The van der Waals surface area contributed by atoms with Gasteiger partial charge < -0.3 is 14.7 Å². The van der Waals surface area contributed by atoms with E-state index >= 15 is 26.3 Å². The van der Waals surface area contributed by atoms with Crippen LogP contribution in [0.3, 0.4) is 0 Å². The van der Waals surface area contributed by atoms with E-state index in [0.717, 1.165) is 24.3 Å². The molecule has 5 aromatic carbocycles. The summed E-state index contributed by atoms with van der Waals surface area (Å²) < 4.78 is 230. The van der Waals surface area contributed by atoms with E-state index in [1.807, 2.05) is 0 Å². The van der Waals surface area contributed by atoms with Crippen molar-refractivity contribution in [3.63, 3.8) is 0 Å². The summed E-state index contributed by atoms with van der Waals surface area (Å²) >= 11 is 0. The Bertz CT molecular complexity index is 1920. The predicted octanol–water partition coefficient (Wildman–Crippen LogP) is 5.17. The zero-order chi connectivity index (χ0) is 37.1. The first-order valence-corrected chi connectivity index (χ1v) is 13.3. The summed E-state index contributed by atoms with van der Waals surface area (Å²) in [5.74, 6) is -46.5. The Morgan fingerprint density at radius 1 is 0.360 bits per heavy atom. The van der Waals surface area contributed by atoms with Gasteiger partial charge in [-0.25, -0.2) is 65.9 Å². The molecule has 0 amide bonds. The third-order valence-electron chi connectivity index (χ3n) is 7.87. The molecule has 0 fully saturated rings. The smallest absolute Gasteiger partial charge is 0.512 e. The summed E-state index contributed by atoms with van der Waals surface area (Å²) in [7, 11) is -2.26. The molecule has 0 unspecified atom stereocenters. The van der Waals surface area contributed by atoms with E-state index in [4.69, 9.17) is 10.0 Å². The van der Waals surface area contributed by atoms with E-state index < -0.39 is 123 Å². The average Bonchev–Trinajstić information content (AvgIpc) is 3.09. The minimum absolute atomic E-state index is 0.0816. The lowest BCUT2D eigenvalue weighted by molar-refractivity contribution is 0.288. The van der Waals surface area contributed by atoms with Gasteiger partial charge in [0.15, 0.2) is 52.4 Å². The second-order valence-electron chi connectivity index (χ2n) is 10.4. The van der Waals surface area contributed by atoms with E-state index in [-0.39, 0.29) is 16.9 Å². The maximum atomic E-state index is 15.7. The van der Waals surface area contributed by atoms with Crippen LogP contribution in [0.2, 0.25) is 0 Å². The quantitative estimate of drug-likeness (QED) is 0.106. The normalized spacial score (nSPS) is 11.7. The zero-order valence-corrected chi connectivity index (χ0v) is 23.7. The maximum absolute atomic E-state index is 15.7. The molecule has 0 heterocycles. The van der Waals surface area contributed by atoms with Crippen molar-refractivity contribution in [3.05, 3.63) is 136 Å². The Hall–Kier alpha value is -5.10. The molecule has 5 aromatic rings.